The second-order valence-corrected chi connectivity index (χ2v) is 21.0. The zero-order chi connectivity index (χ0) is 42.2. The number of anilines is 3. The summed E-state index contributed by atoms with van der Waals surface area (Å²) in [5, 5.41) is 11.2. The van der Waals surface area contributed by atoms with E-state index >= 15 is 4.79 Å². The molecule has 4 atom stereocenters. The summed E-state index contributed by atoms with van der Waals surface area (Å²) >= 11 is 0. The first-order chi connectivity index (χ1) is 29.0. The van der Waals surface area contributed by atoms with Gasteiger partial charge in [0.05, 0.1) is 59.3 Å². The van der Waals surface area contributed by atoms with Crippen LogP contribution in [0.2, 0.25) is 18.6 Å². The van der Waals surface area contributed by atoms with E-state index in [1.54, 1.807) is 28.9 Å². The van der Waals surface area contributed by atoms with Crippen molar-refractivity contribution in [2.75, 3.05) is 43.8 Å². The standard InChI is InChI=1S/C48H51N3O8Si/c1-32-46(60(4,5)38-21-18-36(56-2)19-22-38)43(28-44(53)49(24-25-52)29-33-12-7-6-8-13-33)59-48(32)39-27-37(57-3)20-23-40(39)50(47(48)55)30-34-14-11-15-35(26-34)51-41-16-9-10-17-42(41)58-31-45(51)54/h6-23,26-27,32,43,46,52H,24-25,28-31H2,1-5H3/t32-,43+,46-,48+/m1/s1. The first-order valence-corrected chi connectivity index (χ1v) is 23.5. The number of para-hydroxylation sites is 2. The normalized spacial score (nSPS) is 20.8. The molecule has 3 aliphatic rings. The Labute approximate surface area is 352 Å². The maximum absolute atomic E-state index is 15.6. The number of aliphatic hydroxyl groups is 1. The van der Waals surface area contributed by atoms with Gasteiger partial charge in [-0.3, -0.25) is 19.3 Å². The minimum absolute atomic E-state index is 0.0276. The summed E-state index contributed by atoms with van der Waals surface area (Å²) in [6.45, 7) is 7.10. The van der Waals surface area contributed by atoms with Crippen molar-refractivity contribution in [2.24, 2.45) is 5.92 Å². The van der Waals surface area contributed by atoms with Crippen molar-refractivity contribution in [1.29, 1.82) is 0 Å². The van der Waals surface area contributed by atoms with Crippen molar-refractivity contribution < 1.29 is 38.4 Å². The molecule has 3 amide bonds. The molecule has 5 aromatic rings. The fraction of sp³-hybridized carbons (Fsp3) is 0.312. The number of carbonyl (C=O) groups excluding carboxylic acids is 3. The Hall–Kier alpha value is -5.95. The molecule has 11 nitrogen and oxygen atoms in total. The van der Waals surface area contributed by atoms with Gasteiger partial charge in [0.2, 0.25) is 5.91 Å². The first kappa shape index (κ1) is 40.8. The highest BCUT2D eigenvalue weighted by molar-refractivity contribution is 6.91. The number of ether oxygens (including phenoxy) is 4. The SMILES string of the molecule is COc1ccc([Si](C)(C)[C@H]2[C@H](CC(=O)N(CCO)Cc3ccccc3)O[C@@]3(C(=O)N(Cc4cccc(N5C(=O)COc6ccccc65)c4)c4ccc(OC)cc43)[C@@H]2C)cc1. The van der Waals surface area contributed by atoms with E-state index in [1.165, 1.54) is 0 Å². The molecule has 0 radical (unpaired) electrons. The van der Waals surface area contributed by atoms with Gasteiger partial charge in [-0.2, -0.15) is 0 Å². The van der Waals surface area contributed by atoms with E-state index in [4.69, 9.17) is 18.9 Å². The lowest BCUT2D eigenvalue weighted by molar-refractivity contribution is -0.150. The van der Waals surface area contributed by atoms with Crippen LogP contribution in [0.3, 0.4) is 0 Å². The van der Waals surface area contributed by atoms with Gasteiger partial charge < -0.3 is 33.9 Å². The molecule has 3 heterocycles. The summed E-state index contributed by atoms with van der Waals surface area (Å²) in [5.41, 5.74) is 2.87. The number of rotatable bonds is 13. The molecule has 0 bridgehead atoms. The summed E-state index contributed by atoms with van der Waals surface area (Å²) < 4.78 is 24.3. The van der Waals surface area contributed by atoms with Crippen LogP contribution in [-0.2, 0) is 37.8 Å². The molecular formula is C48H51N3O8Si. The fourth-order valence-electron chi connectivity index (χ4n) is 9.66. The third-order valence-corrected chi connectivity index (χ3v) is 16.9. The molecule has 310 valence electrons. The smallest absolute Gasteiger partial charge is 0.269 e. The lowest BCUT2D eigenvalue weighted by atomic mass is 9.82. The molecule has 1 N–H and O–H groups in total. The van der Waals surface area contributed by atoms with Gasteiger partial charge in [-0.1, -0.05) is 91.9 Å². The quantitative estimate of drug-likeness (QED) is 0.127. The number of methoxy groups -OCH3 is 2. The van der Waals surface area contributed by atoms with E-state index in [1.807, 2.05) is 109 Å². The van der Waals surface area contributed by atoms with Crippen molar-refractivity contribution in [3.63, 3.8) is 0 Å². The second kappa shape index (κ2) is 16.6. The number of aliphatic hydroxyl groups excluding tert-OH is 1. The zero-order valence-corrected chi connectivity index (χ0v) is 35.7. The monoisotopic (exact) mass is 825 g/mol. The van der Waals surface area contributed by atoms with Gasteiger partial charge in [-0.05, 0) is 71.3 Å². The molecule has 5 aromatic carbocycles. The van der Waals surface area contributed by atoms with Crippen LogP contribution in [-0.4, -0.2) is 75.9 Å². The number of nitrogens with zero attached hydrogens (tertiary/aromatic N) is 3. The Morgan fingerprint density at radius 3 is 2.28 bits per heavy atom. The summed E-state index contributed by atoms with van der Waals surface area (Å²) in [6.07, 6.45) is -0.605. The van der Waals surface area contributed by atoms with Crippen LogP contribution in [0.15, 0.2) is 121 Å². The first-order valence-electron chi connectivity index (χ1n) is 20.4. The van der Waals surface area contributed by atoms with E-state index in [2.05, 4.69) is 32.2 Å². The highest BCUT2D eigenvalue weighted by Crippen LogP contribution is 2.60. The molecule has 1 saturated heterocycles. The second-order valence-electron chi connectivity index (χ2n) is 16.3. The van der Waals surface area contributed by atoms with Gasteiger partial charge in [0, 0.05) is 30.3 Å². The Balaban J connectivity index is 1.19. The van der Waals surface area contributed by atoms with Crippen molar-refractivity contribution in [1.82, 2.24) is 4.90 Å². The number of amides is 3. The van der Waals surface area contributed by atoms with Crippen LogP contribution >= 0.6 is 0 Å². The largest absolute Gasteiger partial charge is 0.497 e. The van der Waals surface area contributed by atoms with Crippen LogP contribution < -0.4 is 29.2 Å². The predicted molar refractivity (Wildman–Crippen MR) is 233 cm³/mol. The Bertz CT molecular complexity index is 2390. The van der Waals surface area contributed by atoms with Gasteiger partial charge in [0.25, 0.3) is 11.8 Å². The molecule has 1 fully saturated rings. The van der Waals surface area contributed by atoms with Gasteiger partial charge in [-0.25, -0.2) is 0 Å². The number of fused-ring (bicyclic) bond motifs is 3. The number of hydrogen-bond donors (Lipinski definition) is 1. The van der Waals surface area contributed by atoms with Crippen molar-refractivity contribution in [3.05, 3.63) is 138 Å². The molecule has 1 spiro atoms. The van der Waals surface area contributed by atoms with E-state index in [9.17, 15) is 14.7 Å². The molecule has 0 aliphatic carbocycles. The maximum Gasteiger partial charge on any atom is 0.269 e. The van der Waals surface area contributed by atoms with Crippen LogP contribution in [0.25, 0.3) is 0 Å². The highest BCUT2D eigenvalue weighted by atomic mass is 28.3. The van der Waals surface area contributed by atoms with Gasteiger partial charge in [0.15, 0.2) is 12.2 Å². The molecule has 60 heavy (non-hydrogen) atoms. The molecule has 8 rings (SSSR count). The number of carbonyl (C=O) groups is 3. The average molecular weight is 826 g/mol. The summed E-state index contributed by atoms with van der Waals surface area (Å²) in [6, 6.07) is 38.6. The molecule has 3 aliphatic heterocycles. The minimum atomic E-state index is -2.58. The maximum atomic E-state index is 15.6. The highest BCUT2D eigenvalue weighted by Gasteiger charge is 2.66. The van der Waals surface area contributed by atoms with Crippen LogP contribution in [0.4, 0.5) is 17.1 Å². The molecule has 0 aromatic heterocycles. The third-order valence-electron chi connectivity index (χ3n) is 12.6. The Morgan fingerprint density at radius 2 is 1.55 bits per heavy atom. The van der Waals surface area contributed by atoms with Gasteiger partial charge in [0.1, 0.15) is 17.2 Å². The summed E-state index contributed by atoms with van der Waals surface area (Å²) in [4.78, 5) is 48.4. The predicted octanol–water partition coefficient (Wildman–Crippen LogP) is 6.93. The van der Waals surface area contributed by atoms with Crippen molar-refractivity contribution in [3.8, 4) is 17.2 Å². The third kappa shape index (κ3) is 7.22. The number of hydrogen-bond acceptors (Lipinski definition) is 8. The van der Waals surface area contributed by atoms with Crippen molar-refractivity contribution in [2.45, 2.75) is 56.8 Å². The van der Waals surface area contributed by atoms with E-state index in [0.717, 1.165) is 22.1 Å². The van der Waals surface area contributed by atoms with E-state index in [0.29, 0.717) is 40.7 Å². The fourth-order valence-corrected chi connectivity index (χ4v) is 13.7. The lowest BCUT2D eigenvalue weighted by Crippen LogP contribution is -2.52. The van der Waals surface area contributed by atoms with Gasteiger partial charge in [-0.15, -0.1) is 0 Å². The topological polar surface area (TPSA) is 118 Å². The van der Waals surface area contributed by atoms with Crippen LogP contribution in [0, 0.1) is 5.92 Å². The number of benzene rings is 5. The lowest BCUT2D eigenvalue weighted by Gasteiger charge is -2.37. The summed E-state index contributed by atoms with van der Waals surface area (Å²) in [7, 11) is 0.667. The minimum Gasteiger partial charge on any atom is -0.497 e. The van der Waals surface area contributed by atoms with Crippen LogP contribution in [0.1, 0.15) is 30.0 Å². The van der Waals surface area contributed by atoms with E-state index in [-0.39, 0.29) is 61.9 Å². The van der Waals surface area contributed by atoms with E-state index < -0.39 is 19.8 Å². The Morgan fingerprint density at radius 1 is 0.850 bits per heavy atom. The average Bonchev–Trinajstić information content (AvgIpc) is 3.69. The molecular weight excluding hydrogens is 775 g/mol. The summed E-state index contributed by atoms with van der Waals surface area (Å²) in [5.74, 6) is 1.03. The molecule has 12 heteroatoms. The van der Waals surface area contributed by atoms with Crippen molar-refractivity contribution >= 4 is 48.0 Å². The van der Waals surface area contributed by atoms with Gasteiger partial charge >= 0.3 is 0 Å². The zero-order valence-electron chi connectivity index (χ0n) is 34.7. The van der Waals surface area contributed by atoms with Crippen LogP contribution in [0.5, 0.6) is 17.2 Å². The molecule has 0 unspecified atom stereocenters. The molecule has 0 saturated carbocycles. The Kier molecular flexibility index (Phi) is 11.3.